The summed E-state index contributed by atoms with van der Waals surface area (Å²) < 4.78 is 42.9. The second-order valence-electron chi connectivity index (χ2n) is 5.23. The first-order chi connectivity index (χ1) is 9.95. The molecule has 1 aliphatic rings. The van der Waals surface area contributed by atoms with Gasteiger partial charge in [0.05, 0.1) is 5.56 Å². The Morgan fingerprint density at radius 3 is 2.86 bits per heavy atom. The number of amides is 1. The summed E-state index contributed by atoms with van der Waals surface area (Å²) >= 11 is 0. The molecule has 1 aromatic carbocycles. The third kappa shape index (κ3) is 5.04. The summed E-state index contributed by atoms with van der Waals surface area (Å²) in [6.07, 6.45) is -2.64. The van der Waals surface area contributed by atoms with Gasteiger partial charge in [-0.2, -0.15) is 13.2 Å². The minimum absolute atomic E-state index is 0.0718. The Morgan fingerprint density at radius 1 is 1.38 bits per heavy atom. The van der Waals surface area contributed by atoms with Crippen LogP contribution in [-0.2, 0) is 22.1 Å². The first-order valence-electron chi connectivity index (χ1n) is 6.96. The minimum atomic E-state index is -4.33. The van der Waals surface area contributed by atoms with Gasteiger partial charge in [-0.1, -0.05) is 18.2 Å². The van der Waals surface area contributed by atoms with Crippen molar-refractivity contribution in [2.75, 3.05) is 19.8 Å². The molecule has 6 heteroatoms. The number of halogens is 3. The quantitative estimate of drug-likeness (QED) is 0.908. The average Bonchev–Trinajstić information content (AvgIpc) is 2.91. The van der Waals surface area contributed by atoms with E-state index in [9.17, 15) is 18.0 Å². The fraction of sp³-hybridized carbons (Fsp3) is 0.533. The van der Waals surface area contributed by atoms with Gasteiger partial charge in [-0.25, -0.2) is 0 Å². The number of carbonyl (C=O) groups is 1. The third-order valence-electron chi connectivity index (χ3n) is 3.49. The first kappa shape index (κ1) is 15.8. The molecule has 1 fully saturated rings. The fourth-order valence-corrected chi connectivity index (χ4v) is 2.33. The van der Waals surface area contributed by atoms with E-state index in [1.807, 2.05) is 0 Å². The largest absolute Gasteiger partial charge is 0.416 e. The number of hydrogen-bond acceptors (Lipinski definition) is 2. The maximum atomic E-state index is 12.6. The Balaban J connectivity index is 1.76. The van der Waals surface area contributed by atoms with E-state index in [1.54, 1.807) is 6.07 Å². The van der Waals surface area contributed by atoms with Gasteiger partial charge in [-0.05, 0) is 30.4 Å². The summed E-state index contributed by atoms with van der Waals surface area (Å²) in [5, 5.41) is 2.74. The zero-order valence-electron chi connectivity index (χ0n) is 11.6. The van der Waals surface area contributed by atoms with E-state index in [-0.39, 0.29) is 11.8 Å². The predicted molar refractivity (Wildman–Crippen MR) is 71.7 cm³/mol. The number of ether oxygens (including phenoxy) is 1. The molecule has 0 saturated carbocycles. The maximum absolute atomic E-state index is 12.6. The van der Waals surface area contributed by atoms with Crippen molar-refractivity contribution in [2.24, 2.45) is 5.92 Å². The summed E-state index contributed by atoms with van der Waals surface area (Å²) in [6.45, 7) is 1.65. The van der Waals surface area contributed by atoms with Crippen molar-refractivity contribution in [3.05, 3.63) is 35.4 Å². The molecule has 0 bridgehead atoms. The van der Waals surface area contributed by atoms with Crippen molar-refractivity contribution in [1.29, 1.82) is 0 Å². The average molecular weight is 301 g/mol. The summed E-state index contributed by atoms with van der Waals surface area (Å²) in [7, 11) is 0. The molecule has 1 amide bonds. The van der Waals surface area contributed by atoms with E-state index in [2.05, 4.69) is 5.32 Å². The van der Waals surface area contributed by atoms with Crippen LogP contribution in [0.15, 0.2) is 24.3 Å². The monoisotopic (exact) mass is 301 g/mol. The van der Waals surface area contributed by atoms with Crippen molar-refractivity contribution in [2.45, 2.75) is 25.4 Å². The molecular formula is C15H18F3NO2. The Labute approximate surface area is 121 Å². The molecule has 0 unspecified atom stereocenters. The van der Waals surface area contributed by atoms with Gasteiger partial charge >= 0.3 is 6.18 Å². The molecule has 1 aliphatic heterocycles. The van der Waals surface area contributed by atoms with Crippen molar-refractivity contribution in [3.63, 3.8) is 0 Å². The number of alkyl halides is 3. The van der Waals surface area contributed by atoms with Gasteiger partial charge < -0.3 is 10.1 Å². The minimum Gasteiger partial charge on any atom is -0.381 e. The van der Waals surface area contributed by atoms with Gasteiger partial charge in [0, 0.05) is 26.2 Å². The standard InChI is InChI=1S/C15H18F3NO2/c16-15(17,18)13-3-1-2-11(8-13)4-6-19-14(20)9-12-5-7-21-10-12/h1-3,8,12H,4-7,9-10H2,(H,19,20)/t12-/m0/s1. The van der Waals surface area contributed by atoms with E-state index >= 15 is 0 Å². The SMILES string of the molecule is O=C(C[C@@H]1CCOC1)NCCc1cccc(C(F)(F)F)c1. The lowest BCUT2D eigenvalue weighted by Crippen LogP contribution is -2.27. The van der Waals surface area contributed by atoms with Gasteiger partial charge in [0.15, 0.2) is 0 Å². The second-order valence-corrected chi connectivity index (χ2v) is 5.23. The van der Waals surface area contributed by atoms with Gasteiger partial charge in [0.2, 0.25) is 5.91 Å². The molecular weight excluding hydrogens is 283 g/mol. The molecule has 0 aliphatic carbocycles. The maximum Gasteiger partial charge on any atom is 0.416 e. The van der Waals surface area contributed by atoms with E-state index in [4.69, 9.17) is 4.74 Å². The fourth-order valence-electron chi connectivity index (χ4n) is 2.33. The van der Waals surface area contributed by atoms with Crippen LogP contribution in [0, 0.1) is 5.92 Å². The van der Waals surface area contributed by atoms with Crippen LogP contribution in [0.25, 0.3) is 0 Å². The zero-order chi connectivity index (χ0) is 15.3. The highest BCUT2D eigenvalue weighted by Gasteiger charge is 2.30. The number of benzene rings is 1. The van der Waals surface area contributed by atoms with Crippen molar-refractivity contribution in [1.82, 2.24) is 5.32 Å². The summed E-state index contributed by atoms with van der Waals surface area (Å²) in [4.78, 5) is 11.7. The van der Waals surface area contributed by atoms with Crippen molar-refractivity contribution < 1.29 is 22.7 Å². The number of nitrogens with one attached hydrogen (secondary N) is 1. The van der Waals surface area contributed by atoms with E-state index in [0.29, 0.717) is 38.2 Å². The van der Waals surface area contributed by atoms with E-state index < -0.39 is 11.7 Å². The number of carbonyl (C=O) groups excluding carboxylic acids is 1. The Kier molecular flexibility index (Phi) is 5.22. The molecule has 1 heterocycles. The topological polar surface area (TPSA) is 38.3 Å². The lowest BCUT2D eigenvalue weighted by molar-refractivity contribution is -0.137. The molecule has 0 spiro atoms. The van der Waals surface area contributed by atoms with Crippen LogP contribution < -0.4 is 5.32 Å². The molecule has 1 N–H and O–H groups in total. The molecule has 3 nitrogen and oxygen atoms in total. The van der Waals surface area contributed by atoms with Gasteiger partial charge in [0.25, 0.3) is 0 Å². The Bertz CT molecular complexity index is 482. The molecule has 1 saturated heterocycles. The number of rotatable bonds is 5. The molecule has 2 rings (SSSR count). The number of hydrogen-bond donors (Lipinski definition) is 1. The molecule has 0 radical (unpaired) electrons. The summed E-state index contributed by atoms with van der Waals surface area (Å²) in [5.41, 5.74) is -0.0937. The van der Waals surface area contributed by atoms with Crippen LogP contribution in [0.5, 0.6) is 0 Å². The lowest BCUT2D eigenvalue weighted by Gasteiger charge is -2.10. The predicted octanol–water partition coefficient (Wildman–Crippen LogP) is 2.79. The van der Waals surface area contributed by atoms with Crippen molar-refractivity contribution in [3.8, 4) is 0 Å². The van der Waals surface area contributed by atoms with Crippen LogP contribution in [-0.4, -0.2) is 25.7 Å². The van der Waals surface area contributed by atoms with Crippen LogP contribution in [0.4, 0.5) is 13.2 Å². The highest BCUT2D eigenvalue weighted by Crippen LogP contribution is 2.29. The summed E-state index contributed by atoms with van der Waals surface area (Å²) in [5.74, 6) is 0.191. The van der Waals surface area contributed by atoms with Gasteiger partial charge in [-0.3, -0.25) is 4.79 Å². The Morgan fingerprint density at radius 2 is 2.19 bits per heavy atom. The Hall–Kier alpha value is -1.56. The third-order valence-corrected chi connectivity index (χ3v) is 3.49. The second kappa shape index (κ2) is 6.93. The smallest absolute Gasteiger partial charge is 0.381 e. The van der Waals surface area contributed by atoms with Gasteiger partial charge in [0.1, 0.15) is 0 Å². The van der Waals surface area contributed by atoms with E-state index in [0.717, 1.165) is 18.6 Å². The first-order valence-corrected chi connectivity index (χ1v) is 6.96. The van der Waals surface area contributed by atoms with Crippen LogP contribution in [0.1, 0.15) is 24.0 Å². The van der Waals surface area contributed by atoms with Crippen LogP contribution >= 0.6 is 0 Å². The molecule has 0 aromatic heterocycles. The molecule has 116 valence electrons. The van der Waals surface area contributed by atoms with Crippen LogP contribution in [0.3, 0.4) is 0 Å². The normalized spacial score (nSPS) is 18.7. The van der Waals surface area contributed by atoms with Gasteiger partial charge in [-0.15, -0.1) is 0 Å². The van der Waals surface area contributed by atoms with Crippen LogP contribution in [0.2, 0.25) is 0 Å². The molecule has 1 atom stereocenters. The molecule has 1 aromatic rings. The highest BCUT2D eigenvalue weighted by molar-refractivity contribution is 5.76. The lowest BCUT2D eigenvalue weighted by atomic mass is 10.0. The summed E-state index contributed by atoms with van der Waals surface area (Å²) in [6, 6.07) is 5.18. The van der Waals surface area contributed by atoms with Crippen molar-refractivity contribution >= 4 is 5.91 Å². The zero-order valence-corrected chi connectivity index (χ0v) is 11.6. The van der Waals surface area contributed by atoms with E-state index in [1.165, 1.54) is 6.07 Å². The molecule has 21 heavy (non-hydrogen) atoms. The highest BCUT2D eigenvalue weighted by atomic mass is 19.4.